The Labute approximate surface area is 185 Å². The number of hydrogen-bond acceptors (Lipinski definition) is 5. The van der Waals surface area contributed by atoms with Crippen LogP contribution >= 0.6 is 0 Å². The van der Waals surface area contributed by atoms with Crippen LogP contribution in [-0.4, -0.2) is 74.7 Å². The second-order valence-corrected chi connectivity index (χ2v) is 7.07. The molecule has 2 aromatic rings. The largest absolute Gasteiger partial charge is 2.00 e. The summed E-state index contributed by atoms with van der Waals surface area (Å²) in [6.45, 7) is 6.65. The fraction of sp³-hybridized carbons (Fsp3) is 0.476. The summed E-state index contributed by atoms with van der Waals surface area (Å²) < 4.78 is 0. The normalized spacial score (nSPS) is 17.2. The van der Waals surface area contributed by atoms with Crippen molar-refractivity contribution in [2.45, 2.75) is 12.5 Å². The number of nitrogens with zero attached hydrogens (tertiary/aromatic N) is 1. The van der Waals surface area contributed by atoms with Crippen LogP contribution in [0.15, 0.2) is 42.5 Å². The standard InChI is InChI=1S/C21H31N5O.H2O.Zn/c22-20(16-17-5-6-18-3-1-2-4-19(18)15-17)21(27)26-13-11-24-9-7-23-8-10-25-12-14-26;;/h1-6,15,20,23-25H,7-14,16,22H2;1H2;/q;;+2/t20-;;/m0../s1. The van der Waals surface area contributed by atoms with Gasteiger partial charge in [-0.1, -0.05) is 42.5 Å². The predicted molar refractivity (Wildman–Crippen MR) is 114 cm³/mol. The molecule has 1 saturated heterocycles. The van der Waals surface area contributed by atoms with Gasteiger partial charge in [0.15, 0.2) is 0 Å². The van der Waals surface area contributed by atoms with E-state index in [1.54, 1.807) is 0 Å². The van der Waals surface area contributed by atoms with Crippen molar-refractivity contribution in [3.63, 3.8) is 0 Å². The summed E-state index contributed by atoms with van der Waals surface area (Å²) in [5, 5.41) is 12.5. The van der Waals surface area contributed by atoms with Crippen LogP contribution in [0.5, 0.6) is 0 Å². The molecule has 2 aromatic carbocycles. The van der Waals surface area contributed by atoms with Crippen molar-refractivity contribution in [1.82, 2.24) is 20.9 Å². The monoisotopic (exact) mass is 451 g/mol. The molecule has 3 rings (SSSR count). The van der Waals surface area contributed by atoms with E-state index >= 15 is 0 Å². The van der Waals surface area contributed by atoms with E-state index < -0.39 is 6.04 Å². The quantitative estimate of drug-likeness (QED) is 0.469. The number of nitrogens with one attached hydrogen (secondary N) is 3. The Balaban J connectivity index is 0.00000210. The van der Waals surface area contributed by atoms with Gasteiger partial charge >= 0.3 is 19.5 Å². The minimum atomic E-state index is -0.513. The zero-order valence-electron chi connectivity index (χ0n) is 17.1. The molecule has 0 spiro atoms. The molecule has 29 heavy (non-hydrogen) atoms. The number of amides is 1. The summed E-state index contributed by atoms with van der Waals surface area (Å²) in [5.41, 5.74) is 7.40. The molecule has 8 heteroatoms. The van der Waals surface area contributed by atoms with E-state index in [1.165, 1.54) is 10.8 Å². The van der Waals surface area contributed by atoms with Crippen molar-refractivity contribution in [1.29, 1.82) is 0 Å². The summed E-state index contributed by atoms with van der Waals surface area (Å²) in [4.78, 5) is 14.8. The summed E-state index contributed by atoms with van der Waals surface area (Å²) >= 11 is 0. The van der Waals surface area contributed by atoms with E-state index in [0.717, 1.165) is 44.8 Å². The predicted octanol–water partition coefficient (Wildman–Crippen LogP) is -0.507. The van der Waals surface area contributed by atoms with E-state index in [0.29, 0.717) is 19.5 Å². The van der Waals surface area contributed by atoms with Crippen molar-refractivity contribution in [3.05, 3.63) is 48.0 Å². The summed E-state index contributed by atoms with van der Waals surface area (Å²) in [6, 6.07) is 14.0. The first kappa shape index (κ1) is 25.6. The number of rotatable bonds is 3. The molecule has 1 atom stereocenters. The van der Waals surface area contributed by atoms with Gasteiger partial charge in [0, 0.05) is 52.4 Å². The number of carbonyl (C=O) groups is 1. The van der Waals surface area contributed by atoms with Gasteiger partial charge in [-0.3, -0.25) is 4.79 Å². The van der Waals surface area contributed by atoms with Crippen molar-refractivity contribution in [3.8, 4) is 0 Å². The van der Waals surface area contributed by atoms with Crippen LogP contribution < -0.4 is 21.7 Å². The first-order valence-electron chi connectivity index (χ1n) is 9.88. The molecule has 0 aliphatic carbocycles. The topological polar surface area (TPSA) is 114 Å². The molecule has 1 fully saturated rings. The molecule has 1 aliphatic heterocycles. The number of nitrogens with two attached hydrogens (primary N) is 1. The first-order valence-corrected chi connectivity index (χ1v) is 9.88. The maximum atomic E-state index is 12.9. The molecule has 7 N–H and O–H groups in total. The third kappa shape index (κ3) is 8.09. The molecular weight excluding hydrogens is 420 g/mol. The van der Waals surface area contributed by atoms with Crippen molar-refractivity contribution >= 4 is 16.7 Å². The number of benzene rings is 2. The molecule has 0 radical (unpaired) electrons. The Hall–Kier alpha value is -1.41. The van der Waals surface area contributed by atoms with Crippen LogP contribution in [0.1, 0.15) is 5.56 Å². The van der Waals surface area contributed by atoms with Crippen molar-refractivity contribution in [2.75, 3.05) is 52.4 Å². The third-order valence-corrected chi connectivity index (χ3v) is 4.97. The van der Waals surface area contributed by atoms with Gasteiger partial charge in [-0.2, -0.15) is 0 Å². The first-order chi connectivity index (χ1) is 13.2. The maximum Gasteiger partial charge on any atom is 2.00 e. The van der Waals surface area contributed by atoms with Gasteiger partial charge in [-0.25, -0.2) is 0 Å². The molecule has 1 heterocycles. The fourth-order valence-corrected chi connectivity index (χ4v) is 3.43. The van der Waals surface area contributed by atoms with Crippen LogP contribution in [0.3, 0.4) is 0 Å². The average Bonchev–Trinajstić information content (AvgIpc) is 2.68. The number of fused-ring (bicyclic) bond motifs is 1. The van der Waals surface area contributed by atoms with Crippen LogP contribution in [-0.2, 0) is 30.7 Å². The van der Waals surface area contributed by atoms with E-state index in [1.807, 2.05) is 17.0 Å². The summed E-state index contributed by atoms with van der Waals surface area (Å²) in [7, 11) is 0. The van der Waals surface area contributed by atoms with Gasteiger partial charge in [-0.15, -0.1) is 0 Å². The molecule has 0 unspecified atom stereocenters. The maximum absolute atomic E-state index is 12.9. The van der Waals surface area contributed by atoms with Crippen LogP contribution in [0, 0.1) is 0 Å². The molecule has 1 amide bonds. The zero-order chi connectivity index (χ0) is 18.9. The van der Waals surface area contributed by atoms with Gasteiger partial charge in [0.05, 0.1) is 6.04 Å². The van der Waals surface area contributed by atoms with Gasteiger partial charge in [0.25, 0.3) is 0 Å². The molecular formula is C21H33N5O2Zn+2. The fourth-order valence-electron chi connectivity index (χ4n) is 3.43. The number of carbonyl (C=O) groups excluding carboxylic acids is 1. The van der Waals surface area contributed by atoms with Crippen molar-refractivity contribution < 1.29 is 29.7 Å². The smallest absolute Gasteiger partial charge is 0.412 e. The van der Waals surface area contributed by atoms with Crippen LogP contribution in [0.2, 0.25) is 0 Å². The third-order valence-electron chi connectivity index (χ3n) is 4.97. The van der Waals surface area contributed by atoms with Crippen molar-refractivity contribution in [2.24, 2.45) is 5.73 Å². The van der Waals surface area contributed by atoms with E-state index in [4.69, 9.17) is 5.73 Å². The second-order valence-electron chi connectivity index (χ2n) is 7.07. The molecule has 0 aromatic heterocycles. The second kappa shape index (κ2) is 13.7. The number of hydrogen-bond donors (Lipinski definition) is 4. The van der Waals surface area contributed by atoms with E-state index in [9.17, 15) is 4.79 Å². The Bertz CT molecular complexity index is 734. The molecule has 1 aliphatic rings. The minimum absolute atomic E-state index is 0. The minimum Gasteiger partial charge on any atom is -0.412 e. The average molecular weight is 453 g/mol. The van der Waals surface area contributed by atoms with Gasteiger partial charge in [-0.05, 0) is 22.8 Å². The molecule has 7 nitrogen and oxygen atoms in total. The Morgan fingerprint density at radius 3 is 2.07 bits per heavy atom. The molecule has 154 valence electrons. The summed E-state index contributed by atoms with van der Waals surface area (Å²) in [5.74, 6) is 0.0296. The van der Waals surface area contributed by atoms with Crippen LogP contribution in [0.25, 0.3) is 10.8 Å². The van der Waals surface area contributed by atoms with Gasteiger partial charge in [0.2, 0.25) is 5.91 Å². The van der Waals surface area contributed by atoms with Crippen LogP contribution in [0.4, 0.5) is 0 Å². The molecule has 0 bridgehead atoms. The van der Waals surface area contributed by atoms with E-state index in [2.05, 4.69) is 46.3 Å². The van der Waals surface area contributed by atoms with Gasteiger partial charge in [0.1, 0.15) is 0 Å². The van der Waals surface area contributed by atoms with Gasteiger partial charge < -0.3 is 32.1 Å². The Kier molecular flexibility index (Phi) is 12.2. The Morgan fingerprint density at radius 1 is 0.897 bits per heavy atom. The zero-order valence-corrected chi connectivity index (χ0v) is 20.1. The SMILES string of the molecule is N[C@@H](Cc1ccc2ccccc2c1)C(=O)N1CCNCCNCCNCC1.O.[Zn+2]. The Morgan fingerprint density at radius 2 is 1.45 bits per heavy atom. The molecule has 0 saturated carbocycles. The van der Waals surface area contributed by atoms with E-state index in [-0.39, 0.29) is 30.9 Å². The summed E-state index contributed by atoms with van der Waals surface area (Å²) in [6.07, 6.45) is 0.560.